The third-order valence-electron chi connectivity index (χ3n) is 6.97. The van der Waals surface area contributed by atoms with Gasteiger partial charge in [0, 0.05) is 61.9 Å². The van der Waals surface area contributed by atoms with E-state index in [1.807, 2.05) is 61.7 Å². The predicted molar refractivity (Wildman–Crippen MR) is 142 cm³/mol. The van der Waals surface area contributed by atoms with Crippen LogP contribution in [0.4, 0.5) is 5.69 Å². The first-order chi connectivity index (χ1) is 17.0. The van der Waals surface area contributed by atoms with Gasteiger partial charge >= 0.3 is 0 Å². The Morgan fingerprint density at radius 1 is 0.971 bits per heavy atom. The van der Waals surface area contributed by atoms with Crippen LogP contribution in [-0.4, -0.2) is 76.5 Å². The molecule has 1 N–H and O–H groups in total. The molecule has 35 heavy (non-hydrogen) atoms. The van der Waals surface area contributed by atoms with Gasteiger partial charge in [-0.3, -0.25) is 9.69 Å². The van der Waals surface area contributed by atoms with Crippen molar-refractivity contribution in [3.8, 4) is 0 Å². The number of rotatable bonds is 7. The number of amides is 1. The van der Waals surface area contributed by atoms with Gasteiger partial charge in [0.15, 0.2) is 0 Å². The van der Waals surface area contributed by atoms with Crippen molar-refractivity contribution in [2.75, 3.05) is 44.3 Å². The van der Waals surface area contributed by atoms with Crippen LogP contribution in [-0.2, 0) is 11.3 Å². The molecule has 3 aromatic rings. The van der Waals surface area contributed by atoms with Gasteiger partial charge in [0.1, 0.15) is 0 Å². The molecule has 3 heterocycles. The molecule has 1 saturated heterocycles. The van der Waals surface area contributed by atoms with Crippen molar-refractivity contribution in [2.45, 2.75) is 26.5 Å². The van der Waals surface area contributed by atoms with E-state index in [0.717, 1.165) is 54.9 Å². The highest BCUT2D eigenvalue weighted by Gasteiger charge is 2.29. The zero-order chi connectivity index (χ0) is 24.4. The number of carbonyl (C=O) groups is 1. The van der Waals surface area contributed by atoms with E-state index in [2.05, 4.69) is 38.5 Å². The van der Waals surface area contributed by atoms with Crippen LogP contribution in [0.3, 0.4) is 0 Å². The van der Waals surface area contributed by atoms with Crippen LogP contribution in [0.15, 0.2) is 71.5 Å². The van der Waals surface area contributed by atoms with Crippen molar-refractivity contribution in [2.24, 2.45) is 5.10 Å². The van der Waals surface area contributed by atoms with Gasteiger partial charge in [-0.25, -0.2) is 0 Å². The first-order valence-corrected chi connectivity index (χ1v) is 12.4. The molecule has 1 unspecified atom stereocenters. The van der Waals surface area contributed by atoms with Crippen molar-refractivity contribution < 1.29 is 9.90 Å². The van der Waals surface area contributed by atoms with Crippen LogP contribution in [0, 0.1) is 0 Å². The number of β-amino-alcohol motifs (C(OH)–C–C–N with tert-alkyl or cyclic N) is 1. The molecule has 5 rings (SSSR count). The highest BCUT2D eigenvalue weighted by Crippen LogP contribution is 2.28. The quantitative estimate of drug-likeness (QED) is 0.536. The number of aliphatic hydroxyl groups excluding tert-OH is 1. The van der Waals surface area contributed by atoms with Gasteiger partial charge in [-0.15, -0.1) is 0 Å². The van der Waals surface area contributed by atoms with Crippen molar-refractivity contribution in [1.82, 2.24) is 14.4 Å². The van der Waals surface area contributed by atoms with Gasteiger partial charge in [-0.2, -0.15) is 10.1 Å². The van der Waals surface area contributed by atoms with Crippen LogP contribution in [0.2, 0.25) is 0 Å². The Morgan fingerprint density at radius 2 is 1.66 bits per heavy atom. The van der Waals surface area contributed by atoms with E-state index < -0.39 is 6.10 Å². The molecule has 7 nitrogen and oxygen atoms in total. The average Bonchev–Trinajstić information content (AvgIpc) is 3.37. The minimum absolute atomic E-state index is 0.128. The third-order valence-corrected chi connectivity index (χ3v) is 6.97. The Bertz CT molecular complexity index is 1250. The van der Waals surface area contributed by atoms with E-state index in [0.29, 0.717) is 24.4 Å². The Kier molecular flexibility index (Phi) is 6.81. The van der Waals surface area contributed by atoms with E-state index in [9.17, 15) is 9.90 Å². The van der Waals surface area contributed by atoms with Crippen LogP contribution >= 0.6 is 0 Å². The highest BCUT2D eigenvalue weighted by atomic mass is 16.3. The van der Waals surface area contributed by atoms with Crippen molar-refractivity contribution in [3.63, 3.8) is 0 Å². The number of likely N-dealkylation sites (N-methyl/N-ethyl adjacent to an activating group) is 1. The summed E-state index contributed by atoms with van der Waals surface area (Å²) in [4.78, 5) is 18.0. The van der Waals surface area contributed by atoms with Gasteiger partial charge in [-0.1, -0.05) is 43.3 Å². The second-order valence-corrected chi connectivity index (χ2v) is 9.34. The van der Waals surface area contributed by atoms with Gasteiger partial charge in [0.2, 0.25) is 0 Å². The lowest BCUT2D eigenvalue weighted by Gasteiger charge is -2.35. The van der Waals surface area contributed by atoms with Crippen LogP contribution < -0.4 is 5.01 Å². The molecular formula is C28H33N5O2. The molecule has 1 aromatic heterocycles. The summed E-state index contributed by atoms with van der Waals surface area (Å²) in [6.07, 6.45) is 3.51. The average molecular weight is 472 g/mol. The van der Waals surface area contributed by atoms with E-state index in [4.69, 9.17) is 0 Å². The predicted octanol–water partition coefficient (Wildman–Crippen LogP) is 3.45. The molecule has 2 aliphatic heterocycles. The first-order valence-electron chi connectivity index (χ1n) is 12.4. The summed E-state index contributed by atoms with van der Waals surface area (Å²) in [5, 5.41) is 17.9. The van der Waals surface area contributed by atoms with Crippen LogP contribution in [0.25, 0.3) is 17.0 Å². The maximum Gasteiger partial charge on any atom is 0.280 e. The monoisotopic (exact) mass is 471 g/mol. The number of hydrogen-bond donors (Lipinski definition) is 1. The summed E-state index contributed by atoms with van der Waals surface area (Å²) >= 11 is 0. The fourth-order valence-corrected chi connectivity index (χ4v) is 5.00. The summed E-state index contributed by atoms with van der Waals surface area (Å²) in [5.74, 6) is -0.128. The third kappa shape index (κ3) is 4.93. The zero-order valence-electron chi connectivity index (χ0n) is 20.5. The van der Waals surface area contributed by atoms with Gasteiger partial charge < -0.3 is 14.6 Å². The fourth-order valence-electron chi connectivity index (χ4n) is 5.00. The molecular weight excluding hydrogens is 438 g/mol. The Hall–Kier alpha value is -3.26. The van der Waals surface area contributed by atoms with E-state index in [1.54, 1.807) is 0 Å². The summed E-state index contributed by atoms with van der Waals surface area (Å²) in [6.45, 7) is 10.4. The SMILES string of the molecule is CCN1CCN(CC(O)Cn2cc(C=C3C(=O)N(c4ccccc4)N=C3C)c3ccccc32)CC1. The topological polar surface area (TPSA) is 64.3 Å². The number of para-hydroxylation sites is 2. The molecule has 1 amide bonds. The number of fused-ring (bicyclic) bond motifs is 1. The summed E-state index contributed by atoms with van der Waals surface area (Å²) < 4.78 is 2.11. The van der Waals surface area contributed by atoms with Gasteiger partial charge in [0.05, 0.1) is 23.1 Å². The molecule has 2 aliphatic rings. The maximum absolute atomic E-state index is 13.2. The largest absolute Gasteiger partial charge is 0.390 e. The number of aromatic nitrogens is 1. The van der Waals surface area contributed by atoms with Crippen LogP contribution in [0.5, 0.6) is 0 Å². The molecule has 0 spiro atoms. The molecule has 0 saturated carbocycles. The number of aliphatic hydroxyl groups is 1. The van der Waals surface area contributed by atoms with E-state index in [1.165, 1.54) is 5.01 Å². The highest BCUT2D eigenvalue weighted by molar-refractivity contribution is 6.32. The number of benzene rings is 2. The number of carbonyl (C=O) groups excluding carboxylic acids is 1. The Morgan fingerprint density at radius 3 is 2.40 bits per heavy atom. The van der Waals surface area contributed by atoms with Gasteiger partial charge in [0.25, 0.3) is 5.91 Å². The molecule has 0 aliphatic carbocycles. The number of anilines is 1. The van der Waals surface area contributed by atoms with E-state index in [-0.39, 0.29) is 5.91 Å². The Labute approximate surface area is 206 Å². The van der Waals surface area contributed by atoms with Crippen molar-refractivity contribution in [1.29, 1.82) is 0 Å². The summed E-state index contributed by atoms with van der Waals surface area (Å²) in [7, 11) is 0. The number of nitrogens with zero attached hydrogens (tertiary/aromatic N) is 5. The molecule has 1 fully saturated rings. The molecule has 1 atom stereocenters. The minimum atomic E-state index is -0.468. The summed E-state index contributed by atoms with van der Waals surface area (Å²) in [6, 6.07) is 17.6. The maximum atomic E-state index is 13.2. The lowest BCUT2D eigenvalue weighted by atomic mass is 10.1. The summed E-state index contributed by atoms with van der Waals surface area (Å²) in [5.41, 5.74) is 4.05. The van der Waals surface area contributed by atoms with Crippen molar-refractivity contribution in [3.05, 3.63) is 71.9 Å². The smallest absolute Gasteiger partial charge is 0.280 e. The molecule has 2 aromatic carbocycles. The van der Waals surface area contributed by atoms with E-state index >= 15 is 0 Å². The van der Waals surface area contributed by atoms with Crippen LogP contribution in [0.1, 0.15) is 19.4 Å². The molecule has 182 valence electrons. The minimum Gasteiger partial charge on any atom is -0.390 e. The zero-order valence-corrected chi connectivity index (χ0v) is 20.5. The normalized spacial score (nSPS) is 19.6. The van der Waals surface area contributed by atoms with Gasteiger partial charge in [-0.05, 0) is 37.7 Å². The molecule has 7 heteroatoms. The number of piperazine rings is 1. The molecule has 0 bridgehead atoms. The fraction of sp³-hybridized carbons (Fsp3) is 0.357. The Balaban J connectivity index is 1.36. The lowest BCUT2D eigenvalue weighted by Crippen LogP contribution is -2.48. The van der Waals surface area contributed by atoms with Crippen molar-refractivity contribution >= 4 is 34.3 Å². The number of hydrogen-bond acceptors (Lipinski definition) is 5. The number of hydrazone groups is 1. The second-order valence-electron chi connectivity index (χ2n) is 9.34. The molecule has 0 radical (unpaired) electrons. The second kappa shape index (κ2) is 10.2. The first kappa shape index (κ1) is 23.5. The standard InChI is InChI=1S/C28H33N5O2/c1-3-30-13-15-31(16-14-30)19-24(34)20-32-18-22(25-11-7-8-12-27(25)32)17-26-21(2)29-33(28(26)35)23-9-5-4-6-10-23/h4-12,17-18,24,34H,3,13-16,19-20H2,1-2H3. The lowest BCUT2D eigenvalue weighted by molar-refractivity contribution is -0.114.